The number of piperazine rings is 1. The van der Waals surface area contributed by atoms with Crippen molar-refractivity contribution in [1.82, 2.24) is 25.3 Å². The number of nitrogens with zero attached hydrogens (tertiary/aromatic N) is 4. The van der Waals surface area contributed by atoms with Crippen LogP contribution in [0, 0.1) is 16.8 Å². The van der Waals surface area contributed by atoms with Gasteiger partial charge < -0.3 is 46.9 Å². The first-order valence-corrected chi connectivity index (χ1v) is 22.3. The summed E-state index contributed by atoms with van der Waals surface area (Å²) in [6.45, 7) is 9.01. The van der Waals surface area contributed by atoms with E-state index >= 15 is 0 Å². The Morgan fingerprint density at radius 3 is 2.44 bits per heavy atom. The van der Waals surface area contributed by atoms with Gasteiger partial charge in [-0.3, -0.25) is 19.4 Å². The Morgan fingerprint density at radius 1 is 0.968 bits per heavy atom. The molecule has 334 valence electrons. The maximum absolute atomic E-state index is 14.2. The van der Waals surface area contributed by atoms with Crippen molar-refractivity contribution in [1.29, 1.82) is 0 Å². The van der Waals surface area contributed by atoms with Gasteiger partial charge in [0.2, 0.25) is 0 Å². The number of hydrogen-bond acceptors (Lipinski definition) is 10. The van der Waals surface area contributed by atoms with Crippen LogP contribution in [0.2, 0.25) is 0 Å². The van der Waals surface area contributed by atoms with Gasteiger partial charge in [0.1, 0.15) is 29.0 Å². The number of nitrogens with two attached hydrogens (primary N) is 1. The Balaban J connectivity index is 0.816. The van der Waals surface area contributed by atoms with E-state index in [-0.39, 0.29) is 41.9 Å². The largest absolute Gasteiger partial charge is 0.627 e. The van der Waals surface area contributed by atoms with Gasteiger partial charge in [-0.05, 0) is 105 Å². The van der Waals surface area contributed by atoms with Crippen molar-refractivity contribution < 1.29 is 38.7 Å². The van der Waals surface area contributed by atoms with Gasteiger partial charge in [0.25, 0.3) is 11.8 Å². The standard InChI is InChI=1S/C47H57F2N9O5/c1-47(51,40-22-29(4-9-41(40)50)19-30-20-32(48)23-33(49)21-30)53-44(59)38-8-7-36(25-42(38)52-34-10-17-63-18-11-34)54-13-15-55(16-14-54)37-27-56(28-37)35-6-5-31-26-57(45(60)39(31)24-35)43-3-2-12-58(62)46(43)61/h4-6,8-9,20-25,34,36-37,43,52,58H,2-3,7,10-19,26-28,50-51H2,1H3,(H,53,59)/p+1. The number of benzene rings is 3. The van der Waals surface area contributed by atoms with Crippen molar-refractivity contribution in [3.63, 3.8) is 0 Å². The predicted molar refractivity (Wildman–Crippen MR) is 232 cm³/mol. The summed E-state index contributed by atoms with van der Waals surface area (Å²) in [4.78, 5) is 49.2. The summed E-state index contributed by atoms with van der Waals surface area (Å²) >= 11 is 0. The number of ether oxygens (including phenoxy) is 1. The van der Waals surface area contributed by atoms with E-state index in [4.69, 9.17) is 10.5 Å². The maximum Gasteiger partial charge on any atom is 0.334 e. The number of halogens is 2. The summed E-state index contributed by atoms with van der Waals surface area (Å²) < 4.78 is 33.5. The zero-order valence-electron chi connectivity index (χ0n) is 35.8. The van der Waals surface area contributed by atoms with E-state index in [1.165, 1.54) is 12.1 Å². The van der Waals surface area contributed by atoms with Crippen molar-refractivity contribution in [2.24, 2.45) is 5.73 Å². The first-order chi connectivity index (χ1) is 30.3. The molecule has 63 heavy (non-hydrogen) atoms. The molecule has 0 saturated carbocycles. The second-order valence-corrected chi connectivity index (χ2v) is 18.2. The first-order valence-electron chi connectivity index (χ1n) is 22.3. The number of anilines is 1. The SMILES string of the molecule is CC(N)(NC(=O)C1=CCC(N2CCN(C3CN(c4ccc5c(c4)C(=O)N(C4CCC[NH+]([O-])C4=O)C5)C3)CC2)C=C1NC1CCOCC1)c1cc(Cc2cc(F)cc(F)c2)ccc1[NH3+]. The summed E-state index contributed by atoms with van der Waals surface area (Å²) in [6, 6.07) is 15.0. The van der Waals surface area contributed by atoms with Gasteiger partial charge in [0.15, 0.2) is 0 Å². The molecule has 9 rings (SSSR count). The monoisotopic (exact) mass is 866 g/mol. The van der Waals surface area contributed by atoms with Crippen LogP contribution in [0.5, 0.6) is 0 Å². The normalized spacial score (nSPS) is 25.0. The van der Waals surface area contributed by atoms with E-state index in [0.717, 1.165) is 80.7 Å². The molecule has 3 aromatic carbocycles. The molecule has 4 fully saturated rings. The molecule has 6 aliphatic rings. The number of carbonyl (C=O) groups is 3. The minimum Gasteiger partial charge on any atom is -0.627 e. The van der Waals surface area contributed by atoms with Crippen molar-refractivity contribution in [3.05, 3.63) is 123 Å². The fraction of sp³-hybridized carbons (Fsp3) is 0.468. The summed E-state index contributed by atoms with van der Waals surface area (Å²) in [6.07, 6.45) is 8.00. The second-order valence-electron chi connectivity index (χ2n) is 18.2. The molecule has 3 aromatic rings. The molecule has 0 spiro atoms. The fourth-order valence-electron chi connectivity index (χ4n) is 10.2. The molecule has 14 nitrogen and oxygen atoms in total. The van der Waals surface area contributed by atoms with Gasteiger partial charge in [-0.2, -0.15) is 0 Å². The molecule has 0 aromatic heterocycles. The molecule has 8 N–H and O–H groups in total. The molecule has 16 heteroatoms. The topological polar surface area (TPSA) is 179 Å². The van der Waals surface area contributed by atoms with Gasteiger partial charge >= 0.3 is 5.91 Å². The van der Waals surface area contributed by atoms with Crippen molar-refractivity contribution in [2.75, 3.05) is 63.9 Å². The smallest absolute Gasteiger partial charge is 0.334 e. The molecule has 5 heterocycles. The van der Waals surface area contributed by atoms with Crippen LogP contribution < -0.4 is 32.1 Å². The van der Waals surface area contributed by atoms with E-state index in [2.05, 4.69) is 43.2 Å². The van der Waals surface area contributed by atoms with Crippen LogP contribution in [0.4, 0.5) is 20.2 Å². The summed E-state index contributed by atoms with van der Waals surface area (Å²) in [5.74, 6) is -2.18. The summed E-state index contributed by atoms with van der Waals surface area (Å²) in [7, 11) is 0. The number of fused-ring (bicyclic) bond motifs is 1. The van der Waals surface area contributed by atoms with Gasteiger partial charge in [-0.25, -0.2) is 13.6 Å². The fourth-order valence-corrected chi connectivity index (χ4v) is 10.2. The highest BCUT2D eigenvalue weighted by Crippen LogP contribution is 2.33. The van der Waals surface area contributed by atoms with E-state index in [0.29, 0.717) is 73.0 Å². The van der Waals surface area contributed by atoms with E-state index in [9.17, 15) is 28.4 Å². The number of rotatable bonds is 11. The molecular weight excluding hydrogens is 809 g/mol. The van der Waals surface area contributed by atoms with Gasteiger partial charge in [-0.15, -0.1) is 0 Å². The van der Waals surface area contributed by atoms with Crippen molar-refractivity contribution in [2.45, 2.75) is 81.8 Å². The number of nitrogens with one attached hydrogen (secondary N) is 3. The van der Waals surface area contributed by atoms with Crippen LogP contribution in [0.25, 0.3) is 0 Å². The molecule has 3 amide bonds. The predicted octanol–water partition coefficient (Wildman–Crippen LogP) is 1.56. The van der Waals surface area contributed by atoms with E-state index in [1.54, 1.807) is 17.9 Å². The zero-order valence-corrected chi connectivity index (χ0v) is 35.8. The molecule has 4 saturated heterocycles. The number of hydroxylamine groups is 2. The maximum atomic E-state index is 14.2. The minimum atomic E-state index is -1.30. The lowest BCUT2D eigenvalue weighted by Gasteiger charge is -2.50. The highest BCUT2D eigenvalue weighted by atomic mass is 19.1. The Hall–Kier alpha value is -5.07. The number of piperidine rings is 1. The Bertz CT molecular complexity index is 2300. The third kappa shape index (κ3) is 9.16. The highest BCUT2D eigenvalue weighted by Gasteiger charge is 2.42. The van der Waals surface area contributed by atoms with E-state index < -0.39 is 29.2 Å². The second kappa shape index (κ2) is 17.8. The highest BCUT2D eigenvalue weighted by molar-refractivity contribution is 6.01. The van der Waals surface area contributed by atoms with Crippen LogP contribution in [-0.2, 0) is 33.0 Å². The number of amides is 3. The number of quaternary nitrogens is 2. The lowest BCUT2D eigenvalue weighted by Crippen LogP contribution is -3.13. The molecule has 0 radical (unpaired) electrons. The third-order valence-electron chi connectivity index (χ3n) is 13.8. The van der Waals surface area contributed by atoms with Crippen molar-refractivity contribution in [3.8, 4) is 0 Å². The van der Waals surface area contributed by atoms with Crippen LogP contribution in [0.15, 0.2) is 78.0 Å². The molecule has 1 aliphatic carbocycles. The summed E-state index contributed by atoms with van der Waals surface area (Å²) in [5, 5.41) is 18.5. The first kappa shape index (κ1) is 43.2. The number of hydrogen-bond donors (Lipinski definition) is 5. The Labute approximate surface area is 366 Å². The van der Waals surface area contributed by atoms with Gasteiger partial charge in [0.05, 0.1) is 17.7 Å². The molecule has 4 unspecified atom stereocenters. The lowest BCUT2D eigenvalue weighted by molar-refractivity contribution is -0.770. The average Bonchev–Trinajstić information content (AvgIpc) is 3.57. The average molecular weight is 867 g/mol. The molecule has 0 bridgehead atoms. The van der Waals surface area contributed by atoms with Gasteiger partial charge in [-0.1, -0.05) is 18.2 Å². The molecule has 5 aliphatic heterocycles. The quantitative estimate of drug-likeness (QED) is 0.141. The molecule has 4 atom stereocenters. The Kier molecular flexibility index (Phi) is 12.2. The lowest BCUT2D eigenvalue weighted by atomic mass is 9.93. The zero-order chi connectivity index (χ0) is 44.0. The third-order valence-corrected chi connectivity index (χ3v) is 13.8. The van der Waals surface area contributed by atoms with Gasteiger partial charge in [0, 0.05) is 100 Å². The van der Waals surface area contributed by atoms with E-state index in [1.807, 2.05) is 30.3 Å². The van der Waals surface area contributed by atoms with Crippen LogP contribution in [0.1, 0.15) is 71.6 Å². The Morgan fingerprint density at radius 2 is 1.70 bits per heavy atom. The number of carbonyl (C=O) groups excluding carboxylic acids is 3. The van der Waals surface area contributed by atoms with Crippen LogP contribution in [-0.4, -0.2) is 116 Å². The summed E-state index contributed by atoms with van der Waals surface area (Å²) in [5.41, 5.74) is 16.1. The molecular formula is C47H58F2N9O5+. The minimum absolute atomic E-state index is 0.106. The van der Waals surface area contributed by atoms with Crippen LogP contribution in [0.3, 0.4) is 0 Å². The van der Waals surface area contributed by atoms with Crippen LogP contribution >= 0.6 is 0 Å². The van der Waals surface area contributed by atoms with Crippen molar-refractivity contribution >= 4 is 29.1 Å².